The van der Waals surface area contributed by atoms with Gasteiger partial charge in [0.15, 0.2) is 10.9 Å². The van der Waals surface area contributed by atoms with Gasteiger partial charge in [-0.05, 0) is 61.9 Å². The van der Waals surface area contributed by atoms with Crippen LogP contribution < -0.4 is 5.32 Å². The Balaban J connectivity index is 1.60. The van der Waals surface area contributed by atoms with E-state index in [1.165, 1.54) is 23.9 Å². The second-order valence-electron chi connectivity index (χ2n) is 7.30. The molecular formula is C23H20ClFN6OS. The van der Waals surface area contributed by atoms with Crippen molar-refractivity contribution in [1.82, 2.24) is 30.3 Å². The fraction of sp³-hybridized carbons (Fsp3) is 0.174. The molecular weight excluding hydrogens is 463 g/mol. The fourth-order valence-corrected chi connectivity index (χ4v) is 4.22. The monoisotopic (exact) mass is 482 g/mol. The molecule has 0 atom stereocenters. The van der Waals surface area contributed by atoms with Gasteiger partial charge in [0.1, 0.15) is 5.82 Å². The third kappa shape index (κ3) is 5.74. The second kappa shape index (κ2) is 10.1. The minimum absolute atomic E-state index is 0.198. The van der Waals surface area contributed by atoms with Gasteiger partial charge in [-0.2, -0.15) is 0 Å². The highest BCUT2D eigenvalue weighted by Crippen LogP contribution is 2.24. The number of hydrogen-bond donors (Lipinski definition) is 1. The maximum absolute atomic E-state index is 13.1. The molecule has 0 aliphatic rings. The quantitative estimate of drug-likeness (QED) is 0.304. The van der Waals surface area contributed by atoms with E-state index in [0.717, 1.165) is 22.6 Å². The molecule has 4 rings (SSSR count). The molecule has 0 radical (unpaired) electrons. The van der Waals surface area contributed by atoms with Crippen molar-refractivity contribution in [2.45, 2.75) is 31.3 Å². The maximum Gasteiger partial charge on any atom is 0.274 e. The standard InChI is InChI=1S/C23H20ClFN6OS/c1-14-11-15(2)28-23(27-14)33-13-20-21(22(32)26-12-16-3-7-18(25)8-4-16)29-30-31(20)19-9-5-17(24)6-10-19/h3-11H,12-13H2,1-2H3,(H,26,32). The van der Waals surface area contributed by atoms with Crippen molar-refractivity contribution in [3.63, 3.8) is 0 Å². The van der Waals surface area contributed by atoms with Gasteiger partial charge >= 0.3 is 0 Å². The predicted octanol–water partition coefficient (Wildman–Crippen LogP) is 4.69. The number of hydrogen-bond acceptors (Lipinski definition) is 6. The van der Waals surface area contributed by atoms with Gasteiger partial charge in [0.2, 0.25) is 0 Å². The Hall–Kier alpha value is -3.30. The number of aryl methyl sites for hydroxylation is 2. The molecule has 2 heterocycles. The molecule has 0 saturated carbocycles. The van der Waals surface area contributed by atoms with Gasteiger partial charge in [0.05, 0.1) is 11.4 Å². The molecule has 0 aliphatic heterocycles. The molecule has 2 aromatic heterocycles. The van der Waals surface area contributed by atoms with Crippen LogP contribution in [-0.2, 0) is 12.3 Å². The van der Waals surface area contributed by atoms with Crippen LogP contribution in [0.2, 0.25) is 5.02 Å². The summed E-state index contributed by atoms with van der Waals surface area (Å²) >= 11 is 7.42. The molecule has 0 fully saturated rings. The molecule has 7 nitrogen and oxygen atoms in total. The smallest absolute Gasteiger partial charge is 0.274 e. The Morgan fingerprint density at radius 1 is 1.06 bits per heavy atom. The van der Waals surface area contributed by atoms with Crippen molar-refractivity contribution >= 4 is 29.3 Å². The van der Waals surface area contributed by atoms with Crippen molar-refractivity contribution in [3.05, 3.63) is 93.8 Å². The van der Waals surface area contributed by atoms with E-state index in [4.69, 9.17) is 11.6 Å². The van der Waals surface area contributed by atoms with Crippen LogP contribution in [0.4, 0.5) is 4.39 Å². The Morgan fingerprint density at radius 2 is 1.73 bits per heavy atom. The number of benzene rings is 2. The van der Waals surface area contributed by atoms with Gasteiger partial charge in [0, 0.05) is 28.7 Å². The zero-order valence-electron chi connectivity index (χ0n) is 17.9. The van der Waals surface area contributed by atoms with Gasteiger partial charge in [-0.15, -0.1) is 5.10 Å². The van der Waals surface area contributed by atoms with Gasteiger partial charge in [-0.25, -0.2) is 19.0 Å². The lowest BCUT2D eigenvalue weighted by Gasteiger charge is -2.09. The van der Waals surface area contributed by atoms with E-state index in [0.29, 0.717) is 21.6 Å². The van der Waals surface area contributed by atoms with E-state index in [1.54, 1.807) is 41.1 Å². The Kier molecular flexibility index (Phi) is 7.00. The zero-order chi connectivity index (χ0) is 23.4. The van der Waals surface area contributed by atoms with Crippen LogP contribution in [0.25, 0.3) is 5.69 Å². The van der Waals surface area contributed by atoms with E-state index in [-0.39, 0.29) is 24.0 Å². The van der Waals surface area contributed by atoms with Crippen molar-refractivity contribution in [3.8, 4) is 5.69 Å². The molecule has 1 amide bonds. The summed E-state index contributed by atoms with van der Waals surface area (Å²) in [5.74, 6) is -0.335. The van der Waals surface area contributed by atoms with Crippen LogP contribution in [0.15, 0.2) is 59.8 Å². The van der Waals surface area contributed by atoms with Gasteiger partial charge in [0.25, 0.3) is 5.91 Å². The molecule has 168 valence electrons. The molecule has 33 heavy (non-hydrogen) atoms. The summed E-state index contributed by atoms with van der Waals surface area (Å²) in [6.07, 6.45) is 0. The van der Waals surface area contributed by atoms with Crippen molar-refractivity contribution in [2.24, 2.45) is 0 Å². The molecule has 10 heteroatoms. The molecule has 1 N–H and O–H groups in total. The van der Waals surface area contributed by atoms with Crippen LogP contribution in [-0.4, -0.2) is 30.9 Å². The van der Waals surface area contributed by atoms with Gasteiger partial charge in [-0.3, -0.25) is 4.79 Å². The van der Waals surface area contributed by atoms with Crippen LogP contribution in [0, 0.1) is 19.7 Å². The highest BCUT2D eigenvalue weighted by molar-refractivity contribution is 7.98. The molecule has 0 unspecified atom stereocenters. The largest absolute Gasteiger partial charge is 0.347 e. The topological polar surface area (TPSA) is 85.6 Å². The lowest BCUT2D eigenvalue weighted by molar-refractivity contribution is 0.0945. The maximum atomic E-state index is 13.1. The first-order chi connectivity index (χ1) is 15.9. The molecule has 0 aliphatic carbocycles. The first kappa shape index (κ1) is 22.9. The van der Waals surface area contributed by atoms with Crippen LogP contribution in [0.5, 0.6) is 0 Å². The van der Waals surface area contributed by atoms with Crippen LogP contribution >= 0.6 is 23.4 Å². The summed E-state index contributed by atoms with van der Waals surface area (Å²) in [7, 11) is 0. The highest BCUT2D eigenvalue weighted by Gasteiger charge is 2.21. The van der Waals surface area contributed by atoms with E-state index < -0.39 is 0 Å². The Labute approximate surface area is 199 Å². The number of carbonyl (C=O) groups excluding carboxylic acids is 1. The average molecular weight is 483 g/mol. The Morgan fingerprint density at radius 3 is 2.39 bits per heavy atom. The first-order valence-corrected chi connectivity index (χ1v) is 11.4. The second-order valence-corrected chi connectivity index (χ2v) is 8.68. The van der Waals surface area contributed by atoms with E-state index in [1.807, 2.05) is 19.9 Å². The van der Waals surface area contributed by atoms with Gasteiger partial charge < -0.3 is 5.32 Å². The number of nitrogens with zero attached hydrogens (tertiary/aromatic N) is 5. The number of rotatable bonds is 7. The van der Waals surface area contributed by atoms with Crippen molar-refractivity contribution in [1.29, 1.82) is 0 Å². The highest BCUT2D eigenvalue weighted by atomic mass is 35.5. The lowest BCUT2D eigenvalue weighted by atomic mass is 10.2. The third-order valence-corrected chi connectivity index (χ3v) is 5.83. The first-order valence-electron chi connectivity index (χ1n) is 10.1. The third-order valence-electron chi connectivity index (χ3n) is 4.72. The molecule has 0 spiro atoms. The summed E-state index contributed by atoms with van der Waals surface area (Å²) in [5.41, 5.74) is 4.03. The number of halogens is 2. The van der Waals surface area contributed by atoms with Crippen LogP contribution in [0.1, 0.15) is 33.1 Å². The lowest BCUT2D eigenvalue weighted by Crippen LogP contribution is -2.24. The Bertz CT molecular complexity index is 1260. The number of carbonyl (C=O) groups is 1. The van der Waals surface area contributed by atoms with E-state index in [2.05, 4.69) is 25.6 Å². The molecule has 0 saturated heterocycles. The normalized spacial score (nSPS) is 10.9. The van der Waals surface area contributed by atoms with E-state index >= 15 is 0 Å². The number of thioether (sulfide) groups is 1. The number of aromatic nitrogens is 5. The summed E-state index contributed by atoms with van der Waals surface area (Å²) in [6, 6.07) is 14.9. The van der Waals surface area contributed by atoms with Crippen molar-refractivity contribution < 1.29 is 9.18 Å². The number of nitrogens with one attached hydrogen (secondary N) is 1. The minimum atomic E-state index is -0.378. The van der Waals surface area contributed by atoms with Crippen LogP contribution in [0.3, 0.4) is 0 Å². The van der Waals surface area contributed by atoms with Crippen molar-refractivity contribution in [2.75, 3.05) is 0 Å². The summed E-state index contributed by atoms with van der Waals surface area (Å²) in [4.78, 5) is 21.9. The zero-order valence-corrected chi connectivity index (χ0v) is 19.5. The molecule has 0 bridgehead atoms. The minimum Gasteiger partial charge on any atom is -0.347 e. The SMILES string of the molecule is Cc1cc(C)nc(SCc2c(C(=O)NCc3ccc(F)cc3)nnn2-c2ccc(Cl)cc2)n1. The summed E-state index contributed by atoms with van der Waals surface area (Å²) in [6.45, 7) is 4.05. The van der Waals surface area contributed by atoms with Gasteiger partial charge in [-0.1, -0.05) is 40.7 Å². The fourth-order valence-electron chi connectivity index (χ4n) is 3.16. The molecule has 2 aromatic carbocycles. The number of amides is 1. The molecule has 4 aromatic rings. The summed E-state index contributed by atoms with van der Waals surface area (Å²) in [5, 5.41) is 12.4. The van der Waals surface area contributed by atoms with E-state index in [9.17, 15) is 9.18 Å². The average Bonchev–Trinajstić information content (AvgIpc) is 3.21. The summed E-state index contributed by atoms with van der Waals surface area (Å²) < 4.78 is 14.7. The predicted molar refractivity (Wildman–Crippen MR) is 125 cm³/mol.